The highest BCUT2D eigenvalue weighted by Gasteiger charge is 2.36. The summed E-state index contributed by atoms with van der Waals surface area (Å²) in [6.45, 7) is 5.24. The molecule has 2 fully saturated rings. The molecule has 1 saturated carbocycles. The summed E-state index contributed by atoms with van der Waals surface area (Å²) < 4.78 is 19.9. The van der Waals surface area contributed by atoms with Gasteiger partial charge in [-0.25, -0.2) is 9.37 Å². The van der Waals surface area contributed by atoms with Crippen molar-refractivity contribution < 1.29 is 13.9 Å². The fourth-order valence-electron chi connectivity index (χ4n) is 4.22. The van der Waals surface area contributed by atoms with Gasteiger partial charge in [-0.2, -0.15) is 0 Å². The van der Waals surface area contributed by atoms with Crippen LogP contribution in [0.2, 0.25) is 5.02 Å². The Morgan fingerprint density at radius 2 is 2.19 bits per heavy atom. The van der Waals surface area contributed by atoms with Gasteiger partial charge < -0.3 is 20.7 Å². The molecule has 2 atom stereocenters. The predicted octanol–water partition coefficient (Wildman–Crippen LogP) is 4.01. The highest BCUT2D eigenvalue weighted by Crippen LogP contribution is 2.43. The maximum atomic E-state index is 14.4. The van der Waals surface area contributed by atoms with Crippen LogP contribution < -0.4 is 20.7 Å². The lowest BCUT2D eigenvalue weighted by Crippen LogP contribution is -2.40. The van der Waals surface area contributed by atoms with Crippen LogP contribution in [0.3, 0.4) is 0 Å². The summed E-state index contributed by atoms with van der Waals surface area (Å²) in [7, 11) is 1.51. The number of rotatable bonds is 6. The molecule has 2 heterocycles. The molecule has 1 aromatic carbocycles. The number of nitrogens with zero attached hydrogens (tertiary/aromatic N) is 2. The summed E-state index contributed by atoms with van der Waals surface area (Å²) in [5.74, 6) is 0.0806. The smallest absolute Gasteiger partial charge is 0.255 e. The fourth-order valence-corrected chi connectivity index (χ4v) is 4.34. The van der Waals surface area contributed by atoms with Crippen molar-refractivity contribution >= 4 is 23.2 Å². The lowest BCUT2D eigenvalue weighted by molar-refractivity contribution is 0.0936. The van der Waals surface area contributed by atoms with Crippen molar-refractivity contribution in [1.29, 1.82) is 0 Å². The minimum absolute atomic E-state index is 0.0279. The van der Waals surface area contributed by atoms with E-state index < -0.39 is 11.4 Å². The van der Waals surface area contributed by atoms with Crippen LogP contribution in [-0.2, 0) is 0 Å². The van der Waals surface area contributed by atoms with Gasteiger partial charge in [0.15, 0.2) is 0 Å². The van der Waals surface area contributed by atoms with E-state index in [1.165, 1.54) is 25.4 Å². The van der Waals surface area contributed by atoms with Gasteiger partial charge in [-0.05, 0) is 56.7 Å². The zero-order chi connectivity index (χ0) is 22.3. The van der Waals surface area contributed by atoms with Gasteiger partial charge in [0.25, 0.3) is 5.91 Å². The second-order valence-corrected chi connectivity index (χ2v) is 9.37. The van der Waals surface area contributed by atoms with Crippen molar-refractivity contribution in [3.05, 3.63) is 40.8 Å². The molecule has 0 bridgehead atoms. The van der Waals surface area contributed by atoms with Crippen LogP contribution in [-0.4, -0.2) is 42.7 Å². The van der Waals surface area contributed by atoms with Gasteiger partial charge >= 0.3 is 0 Å². The van der Waals surface area contributed by atoms with Gasteiger partial charge in [-0.15, -0.1) is 0 Å². The number of carbonyl (C=O) groups excluding carboxylic acids is 1. The summed E-state index contributed by atoms with van der Waals surface area (Å²) in [4.78, 5) is 19.7. The number of amides is 1. The number of carbonyl (C=O) groups is 1. The highest BCUT2D eigenvalue weighted by atomic mass is 35.5. The number of nitrogens with one attached hydrogen (secondary N) is 1. The van der Waals surface area contributed by atoms with E-state index in [2.05, 4.69) is 15.2 Å². The van der Waals surface area contributed by atoms with Crippen molar-refractivity contribution in [2.75, 3.05) is 25.1 Å². The van der Waals surface area contributed by atoms with Crippen molar-refractivity contribution in [1.82, 2.24) is 10.3 Å². The summed E-state index contributed by atoms with van der Waals surface area (Å²) in [6.07, 6.45) is 4.56. The van der Waals surface area contributed by atoms with Gasteiger partial charge in [0.05, 0.1) is 28.9 Å². The molecule has 2 aliphatic rings. The normalized spacial score (nSPS) is 21.8. The van der Waals surface area contributed by atoms with Crippen LogP contribution in [0.25, 0.3) is 11.1 Å². The first-order chi connectivity index (χ1) is 14.7. The Hall–Kier alpha value is -2.38. The van der Waals surface area contributed by atoms with E-state index >= 15 is 0 Å². The molecule has 3 N–H and O–H groups in total. The average Bonchev–Trinajstić information content (AvgIpc) is 3.52. The number of methoxy groups -OCH3 is 1. The van der Waals surface area contributed by atoms with Crippen molar-refractivity contribution in [2.45, 2.75) is 44.7 Å². The first kappa shape index (κ1) is 21.8. The second kappa shape index (κ2) is 8.28. The van der Waals surface area contributed by atoms with Gasteiger partial charge in [-0.3, -0.25) is 4.79 Å². The van der Waals surface area contributed by atoms with E-state index in [0.717, 1.165) is 19.3 Å². The first-order valence-corrected chi connectivity index (χ1v) is 10.9. The zero-order valence-corrected chi connectivity index (χ0v) is 18.8. The third kappa shape index (κ3) is 4.48. The number of pyridine rings is 1. The number of ether oxygens (including phenoxy) is 1. The molecule has 0 spiro atoms. The maximum Gasteiger partial charge on any atom is 0.255 e. The number of benzene rings is 1. The van der Waals surface area contributed by atoms with E-state index in [1.807, 2.05) is 13.8 Å². The monoisotopic (exact) mass is 446 g/mol. The summed E-state index contributed by atoms with van der Waals surface area (Å²) in [5.41, 5.74) is 8.18. The van der Waals surface area contributed by atoms with Crippen molar-refractivity contribution in [3.8, 4) is 17.0 Å². The molecule has 6 nitrogen and oxygen atoms in total. The van der Waals surface area contributed by atoms with Crippen LogP contribution in [0.15, 0.2) is 24.4 Å². The molecule has 4 rings (SSSR count). The molecule has 1 aromatic heterocycles. The summed E-state index contributed by atoms with van der Waals surface area (Å²) >= 11 is 5.91. The van der Waals surface area contributed by atoms with Gasteiger partial charge in [0, 0.05) is 30.9 Å². The highest BCUT2D eigenvalue weighted by molar-refractivity contribution is 6.30. The van der Waals surface area contributed by atoms with Crippen LogP contribution in [0, 0.1) is 11.7 Å². The standard InChI is InChI=1S/C23H28ClFN4O2/c1-13(14-4-5-14)28-21(30)16-11-27-22(31-3)19(15-6-7-17(24)18(25)10-15)20(16)29-9-8-23(2,26)12-29/h6-7,10-11,13-14H,4-5,8-9,12,26H2,1-3H3,(H,28,30)/t13?,23-/m0/s1. The molecule has 0 radical (unpaired) electrons. The number of nitrogens with two attached hydrogens (primary N) is 1. The van der Waals surface area contributed by atoms with Crippen LogP contribution in [0.5, 0.6) is 5.88 Å². The molecule has 1 unspecified atom stereocenters. The van der Waals surface area contributed by atoms with E-state index in [4.69, 9.17) is 22.1 Å². The van der Waals surface area contributed by atoms with Gasteiger partial charge in [0.2, 0.25) is 5.88 Å². The minimum Gasteiger partial charge on any atom is -0.480 e. The molecule has 1 aliphatic carbocycles. The average molecular weight is 447 g/mol. The van der Waals surface area contributed by atoms with E-state index in [1.54, 1.807) is 6.07 Å². The fraction of sp³-hybridized carbons (Fsp3) is 0.478. The lowest BCUT2D eigenvalue weighted by atomic mass is 9.99. The topological polar surface area (TPSA) is 80.5 Å². The summed E-state index contributed by atoms with van der Waals surface area (Å²) in [5, 5.41) is 3.13. The largest absolute Gasteiger partial charge is 0.480 e. The quantitative estimate of drug-likeness (QED) is 0.700. The van der Waals surface area contributed by atoms with Gasteiger partial charge in [-0.1, -0.05) is 17.7 Å². The Balaban J connectivity index is 1.86. The number of aromatic nitrogens is 1. The Bertz CT molecular complexity index is 1010. The van der Waals surface area contributed by atoms with E-state index in [-0.39, 0.29) is 17.0 Å². The Kier molecular flexibility index (Phi) is 5.83. The predicted molar refractivity (Wildman–Crippen MR) is 120 cm³/mol. The molecule has 2 aromatic rings. The zero-order valence-electron chi connectivity index (χ0n) is 18.0. The van der Waals surface area contributed by atoms with Crippen LogP contribution >= 0.6 is 11.6 Å². The maximum absolute atomic E-state index is 14.4. The Morgan fingerprint density at radius 3 is 2.77 bits per heavy atom. The SMILES string of the molecule is COc1ncc(C(=O)NC(C)C2CC2)c(N2CC[C@](C)(N)C2)c1-c1ccc(Cl)c(F)c1. The van der Waals surface area contributed by atoms with Crippen LogP contribution in [0.1, 0.15) is 43.5 Å². The van der Waals surface area contributed by atoms with E-state index in [0.29, 0.717) is 47.3 Å². The molecule has 1 aliphatic heterocycles. The van der Waals surface area contributed by atoms with Gasteiger partial charge in [0.1, 0.15) is 5.82 Å². The number of halogens is 2. The van der Waals surface area contributed by atoms with Crippen molar-refractivity contribution in [2.24, 2.45) is 11.7 Å². The number of hydrogen-bond donors (Lipinski definition) is 2. The first-order valence-electron chi connectivity index (χ1n) is 10.6. The third-order valence-electron chi connectivity index (χ3n) is 6.17. The van der Waals surface area contributed by atoms with E-state index in [9.17, 15) is 9.18 Å². The Labute approximate surface area is 186 Å². The molecule has 166 valence electrons. The second-order valence-electron chi connectivity index (χ2n) is 8.96. The van der Waals surface area contributed by atoms with Crippen LogP contribution in [0.4, 0.5) is 10.1 Å². The Morgan fingerprint density at radius 1 is 1.45 bits per heavy atom. The molecule has 1 saturated heterocycles. The minimum atomic E-state index is -0.547. The third-order valence-corrected chi connectivity index (χ3v) is 6.48. The molecule has 31 heavy (non-hydrogen) atoms. The molecular weight excluding hydrogens is 419 g/mol. The molecule has 1 amide bonds. The lowest BCUT2D eigenvalue weighted by Gasteiger charge is -2.27. The number of hydrogen-bond acceptors (Lipinski definition) is 5. The molecule has 8 heteroatoms. The van der Waals surface area contributed by atoms with Crippen molar-refractivity contribution in [3.63, 3.8) is 0 Å². The summed E-state index contributed by atoms with van der Waals surface area (Å²) in [6, 6.07) is 4.63. The number of anilines is 1. The molecular formula is C23H28ClFN4O2.